The molecule has 0 fully saturated rings. The first kappa shape index (κ1) is 12.7. The molecule has 6 nitrogen and oxygen atoms in total. The minimum atomic E-state index is -3.53. The van der Waals surface area contributed by atoms with Gasteiger partial charge < -0.3 is 4.98 Å². The lowest BCUT2D eigenvalue weighted by Gasteiger charge is -2.15. The lowest BCUT2D eigenvalue weighted by Crippen LogP contribution is -2.26. The monoisotopic (exact) mass is 266 g/mol. The predicted molar refractivity (Wildman–Crippen MR) is 66.2 cm³/mol. The molecule has 0 aliphatic rings. The molecular formula is C11H14N4O2S. The first-order valence-corrected chi connectivity index (χ1v) is 6.81. The van der Waals surface area contributed by atoms with Crippen LogP contribution in [0.25, 0.3) is 0 Å². The predicted octanol–water partition coefficient (Wildman–Crippen LogP) is 0.934. The van der Waals surface area contributed by atoms with E-state index in [1.807, 2.05) is 6.07 Å². The molecule has 0 amide bonds. The van der Waals surface area contributed by atoms with E-state index in [1.54, 1.807) is 25.4 Å². The second-order valence-electron chi connectivity index (χ2n) is 3.96. The number of sulfonamides is 1. The van der Waals surface area contributed by atoms with Gasteiger partial charge in [0.25, 0.3) is 10.0 Å². The third-order valence-electron chi connectivity index (χ3n) is 2.50. The van der Waals surface area contributed by atoms with Crippen molar-refractivity contribution in [2.24, 2.45) is 0 Å². The Kier molecular flexibility index (Phi) is 3.44. The van der Waals surface area contributed by atoms with Crippen LogP contribution in [0, 0.1) is 6.92 Å². The number of pyridine rings is 1. The Labute approximate surface area is 106 Å². The van der Waals surface area contributed by atoms with E-state index in [0.29, 0.717) is 5.82 Å². The van der Waals surface area contributed by atoms with E-state index in [2.05, 4.69) is 15.0 Å². The summed E-state index contributed by atoms with van der Waals surface area (Å²) in [6.07, 6.45) is 4.62. The van der Waals surface area contributed by atoms with Crippen molar-refractivity contribution in [3.05, 3.63) is 42.1 Å². The summed E-state index contributed by atoms with van der Waals surface area (Å²) in [6.45, 7) is 1.98. The van der Waals surface area contributed by atoms with Gasteiger partial charge in [-0.2, -0.15) is 4.31 Å². The summed E-state index contributed by atoms with van der Waals surface area (Å²) in [6, 6.07) is 3.60. The van der Waals surface area contributed by atoms with E-state index < -0.39 is 10.0 Å². The van der Waals surface area contributed by atoms with Crippen LogP contribution in [0.15, 0.2) is 35.7 Å². The highest BCUT2D eigenvalue weighted by Gasteiger charge is 2.22. The Morgan fingerprint density at radius 3 is 2.72 bits per heavy atom. The van der Waals surface area contributed by atoms with E-state index in [-0.39, 0.29) is 11.6 Å². The van der Waals surface area contributed by atoms with Crippen LogP contribution in [0.3, 0.4) is 0 Å². The fraction of sp³-hybridized carbons (Fsp3) is 0.273. The molecule has 2 aromatic rings. The second-order valence-corrected chi connectivity index (χ2v) is 5.97. The van der Waals surface area contributed by atoms with E-state index >= 15 is 0 Å². The Morgan fingerprint density at radius 2 is 2.17 bits per heavy atom. The van der Waals surface area contributed by atoms with Gasteiger partial charge in [-0.25, -0.2) is 13.4 Å². The summed E-state index contributed by atoms with van der Waals surface area (Å²) in [4.78, 5) is 10.6. The second kappa shape index (κ2) is 4.87. The third kappa shape index (κ3) is 2.57. The van der Waals surface area contributed by atoms with Crippen molar-refractivity contribution in [2.75, 3.05) is 7.05 Å². The molecule has 0 aliphatic carbocycles. The average molecular weight is 266 g/mol. The van der Waals surface area contributed by atoms with Crippen molar-refractivity contribution in [1.82, 2.24) is 19.3 Å². The molecule has 2 heterocycles. The molecule has 2 aromatic heterocycles. The molecule has 7 heteroatoms. The zero-order valence-electron chi connectivity index (χ0n) is 10.2. The maximum atomic E-state index is 12.2. The van der Waals surface area contributed by atoms with Crippen molar-refractivity contribution >= 4 is 10.0 Å². The molecule has 0 atom stereocenters. The van der Waals surface area contributed by atoms with Crippen LogP contribution in [-0.2, 0) is 16.6 Å². The van der Waals surface area contributed by atoms with Crippen LogP contribution >= 0.6 is 0 Å². The summed E-state index contributed by atoms with van der Waals surface area (Å²) in [5, 5.41) is 0.103. The van der Waals surface area contributed by atoms with Crippen molar-refractivity contribution in [2.45, 2.75) is 18.5 Å². The van der Waals surface area contributed by atoms with Gasteiger partial charge in [0.15, 0.2) is 5.03 Å². The first-order valence-electron chi connectivity index (χ1n) is 5.37. The van der Waals surface area contributed by atoms with Crippen LogP contribution in [0.1, 0.15) is 11.4 Å². The number of aryl methyl sites for hydroxylation is 1. The molecule has 96 valence electrons. The Balaban J connectivity index is 2.21. The number of imidazole rings is 1. The number of nitrogens with zero attached hydrogens (tertiary/aromatic N) is 3. The van der Waals surface area contributed by atoms with Gasteiger partial charge in [0.2, 0.25) is 0 Å². The quantitative estimate of drug-likeness (QED) is 0.893. The van der Waals surface area contributed by atoms with Crippen LogP contribution in [-0.4, -0.2) is 34.7 Å². The molecule has 0 radical (unpaired) electrons. The van der Waals surface area contributed by atoms with Crippen LogP contribution in [0.2, 0.25) is 0 Å². The SMILES string of the molecule is Cc1ncc(S(=O)(=O)N(C)Cc2cccnc2)[nH]1. The van der Waals surface area contributed by atoms with Gasteiger partial charge >= 0.3 is 0 Å². The summed E-state index contributed by atoms with van der Waals surface area (Å²) in [7, 11) is -2.00. The van der Waals surface area contributed by atoms with Crippen molar-refractivity contribution < 1.29 is 8.42 Å². The number of rotatable bonds is 4. The highest BCUT2D eigenvalue weighted by molar-refractivity contribution is 7.89. The third-order valence-corrected chi connectivity index (χ3v) is 4.21. The lowest BCUT2D eigenvalue weighted by molar-refractivity contribution is 0.463. The van der Waals surface area contributed by atoms with Gasteiger partial charge in [-0.3, -0.25) is 4.98 Å². The number of aromatic nitrogens is 3. The fourth-order valence-electron chi connectivity index (χ4n) is 1.53. The Morgan fingerprint density at radius 1 is 1.39 bits per heavy atom. The molecule has 2 rings (SSSR count). The number of hydrogen-bond donors (Lipinski definition) is 1. The number of hydrogen-bond acceptors (Lipinski definition) is 4. The zero-order valence-corrected chi connectivity index (χ0v) is 11.0. The molecule has 0 unspecified atom stereocenters. The zero-order chi connectivity index (χ0) is 13.2. The normalized spacial score (nSPS) is 11.9. The topological polar surface area (TPSA) is 79.0 Å². The maximum absolute atomic E-state index is 12.2. The molecular weight excluding hydrogens is 252 g/mol. The molecule has 1 N–H and O–H groups in total. The maximum Gasteiger partial charge on any atom is 0.260 e. The van der Waals surface area contributed by atoms with Crippen molar-refractivity contribution in [1.29, 1.82) is 0 Å². The van der Waals surface area contributed by atoms with E-state index in [1.165, 1.54) is 17.5 Å². The summed E-state index contributed by atoms with van der Waals surface area (Å²) < 4.78 is 25.6. The molecule has 0 spiro atoms. The van der Waals surface area contributed by atoms with E-state index in [4.69, 9.17) is 0 Å². The molecule has 0 bridgehead atoms. The lowest BCUT2D eigenvalue weighted by atomic mass is 10.3. The summed E-state index contributed by atoms with van der Waals surface area (Å²) in [5.41, 5.74) is 0.833. The van der Waals surface area contributed by atoms with Gasteiger partial charge in [0.1, 0.15) is 5.82 Å². The first-order chi connectivity index (χ1) is 8.50. The number of H-pyrrole nitrogens is 1. The number of nitrogens with one attached hydrogen (secondary N) is 1. The fourth-order valence-corrected chi connectivity index (χ4v) is 2.65. The number of aromatic amines is 1. The van der Waals surface area contributed by atoms with Crippen LogP contribution in [0.4, 0.5) is 0 Å². The minimum Gasteiger partial charge on any atom is -0.332 e. The summed E-state index contributed by atoms with van der Waals surface area (Å²) >= 11 is 0. The highest BCUT2D eigenvalue weighted by Crippen LogP contribution is 2.14. The van der Waals surface area contributed by atoms with Gasteiger partial charge in [0.05, 0.1) is 6.20 Å². The van der Waals surface area contributed by atoms with E-state index in [0.717, 1.165) is 5.56 Å². The highest BCUT2D eigenvalue weighted by atomic mass is 32.2. The van der Waals surface area contributed by atoms with Crippen molar-refractivity contribution in [3.63, 3.8) is 0 Å². The molecule has 0 saturated heterocycles. The molecule has 0 aromatic carbocycles. The van der Waals surface area contributed by atoms with Crippen LogP contribution < -0.4 is 0 Å². The van der Waals surface area contributed by atoms with Crippen molar-refractivity contribution in [3.8, 4) is 0 Å². The van der Waals surface area contributed by atoms with Gasteiger partial charge in [-0.1, -0.05) is 6.07 Å². The Hall–Kier alpha value is -1.73. The van der Waals surface area contributed by atoms with Gasteiger partial charge in [0, 0.05) is 26.0 Å². The Bertz CT molecular complexity index is 622. The molecule has 0 saturated carbocycles. The standard InChI is InChI=1S/C11H14N4O2S/c1-9-13-7-11(14-9)18(16,17)15(2)8-10-4-3-5-12-6-10/h3-7H,8H2,1-2H3,(H,13,14). The molecule has 0 aliphatic heterocycles. The largest absolute Gasteiger partial charge is 0.332 e. The van der Waals surface area contributed by atoms with Crippen LogP contribution in [0.5, 0.6) is 0 Å². The minimum absolute atomic E-state index is 0.103. The average Bonchev–Trinajstić information content (AvgIpc) is 2.78. The smallest absolute Gasteiger partial charge is 0.260 e. The van der Waals surface area contributed by atoms with Gasteiger partial charge in [-0.15, -0.1) is 0 Å². The van der Waals surface area contributed by atoms with Gasteiger partial charge in [-0.05, 0) is 18.6 Å². The molecule has 18 heavy (non-hydrogen) atoms. The summed E-state index contributed by atoms with van der Waals surface area (Å²) in [5.74, 6) is 0.573. The van der Waals surface area contributed by atoms with E-state index in [9.17, 15) is 8.42 Å².